The molecule has 0 aromatic rings. The van der Waals surface area contributed by atoms with Crippen LogP contribution in [0, 0.1) is 5.92 Å². The first-order valence-electron chi connectivity index (χ1n) is 5.47. The quantitative estimate of drug-likeness (QED) is 0.710. The van der Waals surface area contributed by atoms with Gasteiger partial charge in [-0.25, -0.2) is 0 Å². The van der Waals surface area contributed by atoms with Crippen molar-refractivity contribution in [2.45, 2.75) is 64.4 Å². The van der Waals surface area contributed by atoms with E-state index >= 15 is 0 Å². The van der Waals surface area contributed by atoms with E-state index in [9.17, 15) is 10.2 Å². The van der Waals surface area contributed by atoms with E-state index in [1.807, 2.05) is 13.8 Å². The molecule has 1 fully saturated rings. The summed E-state index contributed by atoms with van der Waals surface area (Å²) < 4.78 is 5.71. The summed E-state index contributed by atoms with van der Waals surface area (Å²) in [5.74, 6) is 0.383. The Hall–Kier alpha value is -0.120. The molecule has 0 spiro atoms. The molecule has 84 valence electrons. The molecule has 0 amide bonds. The Morgan fingerprint density at radius 2 is 2.07 bits per heavy atom. The Kier molecular flexibility index (Phi) is 3.56. The lowest BCUT2D eigenvalue weighted by molar-refractivity contribution is -0.229. The van der Waals surface area contributed by atoms with E-state index in [2.05, 4.69) is 13.8 Å². The fourth-order valence-corrected chi connectivity index (χ4v) is 2.08. The van der Waals surface area contributed by atoms with Crippen molar-refractivity contribution in [1.29, 1.82) is 0 Å². The van der Waals surface area contributed by atoms with Gasteiger partial charge in [-0.3, -0.25) is 0 Å². The van der Waals surface area contributed by atoms with Crippen molar-refractivity contribution < 1.29 is 14.9 Å². The van der Waals surface area contributed by atoms with Crippen molar-refractivity contribution >= 4 is 0 Å². The first-order chi connectivity index (χ1) is 6.41. The maximum Gasteiger partial charge on any atom is 0.116 e. The highest BCUT2D eigenvalue weighted by atomic mass is 16.5. The zero-order chi connectivity index (χ0) is 10.9. The second-order valence-electron chi connectivity index (χ2n) is 4.66. The van der Waals surface area contributed by atoms with Gasteiger partial charge >= 0.3 is 0 Å². The highest BCUT2D eigenvalue weighted by Crippen LogP contribution is 2.34. The SMILES string of the molecule is CCC1(O)C(O)CC(C(C)C)OC1C. The Balaban J connectivity index is 2.73. The Morgan fingerprint density at radius 3 is 2.43 bits per heavy atom. The monoisotopic (exact) mass is 202 g/mol. The summed E-state index contributed by atoms with van der Waals surface area (Å²) in [5, 5.41) is 20.0. The lowest BCUT2D eigenvalue weighted by Crippen LogP contribution is -2.58. The standard InChI is InChI=1S/C11H22O3/c1-5-11(13)8(4)14-9(7(2)3)6-10(11)12/h7-10,12-13H,5-6H2,1-4H3. The molecular formula is C11H22O3. The lowest BCUT2D eigenvalue weighted by atomic mass is 9.81. The normalized spacial score (nSPS) is 44.4. The van der Waals surface area contributed by atoms with E-state index < -0.39 is 11.7 Å². The molecule has 2 N–H and O–H groups in total. The molecule has 1 rings (SSSR count). The average Bonchev–Trinajstić information content (AvgIpc) is 2.13. The Morgan fingerprint density at radius 1 is 1.50 bits per heavy atom. The van der Waals surface area contributed by atoms with E-state index in [1.165, 1.54) is 0 Å². The summed E-state index contributed by atoms with van der Waals surface area (Å²) in [6.07, 6.45) is 0.172. The van der Waals surface area contributed by atoms with Gasteiger partial charge < -0.3 is 14.9 Å². The molecular weight excluding hydrogens is 180 g/mol. The van der Waals surface area contributed by atoms with Crippen LogP contribution in [0.4, 0.5) is 0 Å². The van der Waals surface area contributed by atoms with Crippen LogP contribution in [0.1, 0.15) is 40.5 Å². The van der Waals surface area contributed by atoms with Crippen LogP contribution in [0.5, 0.6) is 0 Å². The molecule has 1 heterocycles. The van der Waals surface area contributed by atoms with Gasteiger partial charge in [-0.1, -0.05) is 20.8 Å². The molecule has 0 aromatic carbocycles. The predicted molar refractivity (Wildman–Crippen MR) is 55.0 cm³/mol. The van der Waals surface area contributed by atoms with Gasteiger partial charge in [0, 0.05) is 6.42 Å². The predicted octanol–water partition coefficient (Wildman–Crippen LogP) is 1.32. The molecule has 0 aliphatic carbocycles. The van der Waals surface area contributed by atoms with Gasteiger partial charge in [0.15, 0.2) is 0 Å². The summed E-state index contributed by atoms with van der Waals surface area (Å²) >= 11 is 0. The molecule has 3 nitrogen and oxygen atoms in total. The maximum absolute atomic E-state index is 10.1. The van der Waals surface area contributed by atoms with E-state index in [0.717, 1.165) is 0 Å². The largest absolute Gasteiger partial charge is 0.390 e. The number of hydrogen-bond donors (Lipinski definition) is 2. The van der Waals surface area contributed by atoms with Crippen molar-refractivity contribution in [3.8, 4) is 0 Å². The molecule has 4 unspecified atom stereocenters. The minimum atomic E-state index is -1.06. The molecule has 1 saturated heterocycles. The first-order valence-corrected chi connectivity index (χ1v) is 5.47. The second kappa shape index (κ2) is 4.17. The first kappa shape index (κ1) is 12.0. The van der Waals surface area contributed by atoms with Crippen LogP contribution < -0.4 is 0 Å². The van der Waals surface area contributed by atoms with Crippen molar-refractivity contribution in [1.82, 2.24) is 0 Å². The Bertz CT molecular complexity index is 179. The van der Waals surface area contributed by atoms with Gasteiger partial charge in [0.1, 0.15) is 5.60 Å². The van der Waals surface area contributed by atoms with Gasteiger partial charge in [-0.2, -0.15) is 0 Å². The molecule has 3 heteroatoms. The molecule has 1 aliphatic heterocycles. The summed E-state index contributed by atoms with van der Waals surface area (Å²) in [7, 11) is 0. The van der Waals surface area contributed by atoms with Crippen molar-refractivity contribution in [2.24, 2.45) is 5.92 Å². The smallest absolute Gasteiger partial charge is 0.116 e. The third-order valence-electron chi connectivity index (χ3n) is 3.43. The molecule has 1 aliphatic rings. The van der Waals surface area contributed by atoms with E-state index in [1.54, 1.807) is 0 Å². The van der Waals surface area contributed by atoms with Crippen LogP contribution in [0.3, 0.4) is 0 Å². The zero-order valence-electron chi connectivity index (χ0n) is 9.53. The van der Waals surface area contributed by atoms with Gasteiger partial charge in [0.25, 0.3) is 0 Å². The van der Waals surface area contributed by atoms with Crippen LogP contribution in [0.15, 0.2) is 0 Å². The molecule has 0 saturated carbocycles. The summed E-state index contributed by atoms with van der Waals surface area (Å²) in [6, 6.07) is 0. The van der Waals surface area contributed by atoms with Crippen molar-refractivity contribution in [3.05, 3.63) is 0 Å². The molecule has 4 atom stereocenters. The van der Waals surface area contributed by atoms with Crippen LogP contribution in [-0.4, -0.2) is 34.1 Å². The summed E-state index contributed by atoms with van der Waals surface area (Å²) in [6.45, 7) is 7.85. The van der Waals surface area contributed by atoms with Gasteiger partial charge in [0.2, 0.25) is 0 Å². The fourth-order valence-electron chi connectivity index (χ4n) is 2.08. The minimum absolute atomic E-state index is 0.0619. The average molecular weight is 202 g/mol. The highest BCUT2D eigenvalue weighted by Gasteiger charge is 2.46. The lowest BCUT2D eigenvalue weighted by Gasteiger charge is -2.45. The van der Waals surface area contributed by atoms with E-state index in [-0.39, 0.29) is 12.2 Å². The van der Waals surface area contributed by atoms with Crippen molar-refractivity contribution in [3.63, 3.8) is 0 Å². The molecule has 0 aromatic heterocycles. The maximum atomic E-state index is 10.1. The van der Waals surface area contributed by atoms with Crippen molar-refractivity contribution in [2.75, 3.05) is 0 Å². The summed E-state index contributed by atoms with van der Waals surface area (Å²) in [5.41, 5.74) is -1.06. The number of aliphatic hydroxyl groups excluding tert-OH is 1. The fraction of sp³-hybridized carbons (Fsp3) is 1.00. The van der Waals surface area contributed by atoms with Gasteiger partial charge in [-0.15, -0.1) is 0 Å². The topological polar surface area (TPSA) is 49.7 Å². The number of hydrogen-bond acceptors (Lipinski definition) is 3. The third-order valence-corrected chi connectivity index (χ3v) is 3.43. The van der Waals surface area contributed by atoms with E-state index in [4.69, 9.17) is 4.74 Å². The zero-order valence-corrected chi connectivity index (χ0v) is 9.53. The summed E-state index contributed by atoms with van der Waals surface area (Å²) in [4.78, 5) is 0. The molecule has 0 bridgehead atoms. The van der Waals surface area contributed by atoms with Gasteiger partial charge in [0.05, 0.1) is 18.3 Å². The minimum Gasteiger partial charge on any atom is -0.390 e. The Labute approximate surface area is 86.1 Å². The number of rotatable bonds is 2. The highest BCUT2D eigenvalue weighted by molar-refractivity contribution is 4.96. The van der Waals surface area contributed by atoms with Crippen LogP contribution >= 0.6 is 0 Å². The van der Waals surface area contributed by atoms with Crippen LogP contribution in [0.2, 0.25) is 0 Å². The molecule has 0 radical (unpaired) electrons. The molecule has 14 heavy (non-hydrogen) atoms. The third kappa shape index (κ3) is 1.95. The second-order valence-corrected chi connectivity index (χ2v) is 4.66. The number of aliphatic hydroxyl groups is 2. The van der Waals surface area contributed by atoms with Gasteiger partial charge in [-0.05, 0) is 19.3 Å². The van der Waals surface area contributed by atoms with Crippen LogP contribution in [0.25, 0.3) is 0 Å². The van der Waals surface area contributed by atoms with E-state index in [0.29, 0.717) is 18.8 Å². The van der Waals surface area contributed by atoms with Crippen LogP contribution in [-0.2, 0) is 4.74 Å². The number of ether oxygens (including phenoxy) is 1.